The average molecular weight is 407 g/mol. The van der Waals surface area contributed by atoms with E-state index in [1.54, 1.807) is 12.1 Å². The number of nitrogens with zero attached hydrogens (tertiary/aromatic N) is 1. The standard InChI is InChI=1S/C25H24ClFN2/c1-15(24-12-18-6-7-19(26)13-25(18)29-24)16-2-4-17(5-3-16)21-10-11-28-23-9-8-20(27)14-22(21)23/h6-17,29H,2-5H2,1H3. The number of hydrogen-bond donors (Lipinski definition) is 1. The maximum absolute atomic E-state index is 13.8. The number of nitrogens with one attached hydrogen (secondary N) is 1. The van der Waals surface area contributed by atoms with Crippen LogP contribution in [-0.2, 0) is 0 Å². The second kappa shape index (κ2) is 7.46. The van der Waals surface area contributed by atoms with Gasteiger partial charge in [-0.05, 0) is 96.9 Å². The molecule has 0 saturated heterocycles. The number of benzene rings is 2. The number of H-pyrrole nitrogens is 1. The monoisotopic (exact) mass is 406 g/mol. The van der Waals surface area contributed by atoms with Gasteiger partial charge in [-0.3, -0.25) is 4.98 Å². The highest BCUT2D eigenvalue weighted by molar-refractivity contribution is 6.31. The molecule has 1 unspecified atom stereocenters. The fraction of sp³-hybridized carbons (Fsp3) is 0.320. The van der Waals surface area contributed by atoms with Crippen LogP contribution >= 0.6 is 11.6 Å². The summed E-state index contributed by atoms with van der Waals surface area (Å²) in [6, 6.07) is 15.3. The van der Waals surface area contributed by atoms with Crippen LogP contribution in [-0.4, -0.2) is 9.97 Å². The van der Waals surface area contributed by atoms with E-state index in [4.69, 9.17) is 11.6 Å². The van der Waals surface area contributed by atoms with Crippen LogP contribution < -0.4 is 0 Å². The lowest BCUT2D eigenvalue weighted by Gasteiger charge is -2.32. The topological polar surface area (TPSA) is 28.7 Å². The highest BCUT2D eigenvalue weighted by atomic mass is 35.5. The second-order valence-corrected chi connectivity index (χ2v) is 8.85. The first-order valence-electron chi connectivity index (χ1n) is 10.4. The van der Waals surface area contributed by atoms with Gasteiger partial charge in [0.15, 0.2) is 0 Å². The SMILES string of the molecule is CC(c1cc2ccc(Cl)cc2[nH]1)C1CCC(c2ccnc3ccc(F)cc23)CC1. The molecule has 0 aliphatic heterocycles. The Morgan fingerprint density at radius 1 is 1.03 bits per heavy atom. The molecule has 1 aliphatic carbocycles. The van der Waals surface area contributed by atoms with Crippen molar-refractivity contribution in [3.63, 3.8) is 0 Å². The number of hydrogen-bond acceptors (Lipinski definition) is 1. The molecule has 1 fully saturated rings. The van der Waals surface area contributed by atoms with Gasteiger partial charge in [0.25, 0.3) is 0 Å². The van der Waals surface area contributed by atoms with Crippen molar-refractivity contribution in [2.75, 3.05) is 0 Å². The zero-order valence-corrected chi connectivity index (χ0v) is 17.2. The molecule has 0 spiro atoms. The molecule has 4 heteroatoms. The van der Waals surface area contributed by atoms with Crippen molar-refractivity contribution < 1.29 is 4.39 Å². The van der Waals surface area contributed by atoms with Crippen molar-refractivity contribution in [1.82, 2.24) is 9.97 Å². The third-order valence-corrected chi connectivity index (χ3v) is 6.99. The molecule has 0 bridgehead atoms. The van der Waals surface area contributed by atoms with Crippen LogP contribution in [0.1, 0.15) is 55.7 Å². The summed E-state index contributed by atoms with van der Waals surface area (Å²) < 4.78 is 13.8. The molecule has 29 heavy (non-hydrogen) atoms. The number of pyridine rings is 1. The quantitative estimate of drug-likeness (QED) is 0.373. The lowest BCUT2D eigenvalue weighted by Crippen LogP contribution is -2.18. The Bertz CT molecular complexity index is 1170. The van der Waals surface area contributed by atoms with Gasteiger partial charge < -0.3 is 4.98 Å². The molecular weight excluding hydrogens is 383 g/mol. The summed E-state index contributed by atoms with van der Waals surface area (Å²) in [5.74, 6) is 1.42. The van der Waals surface area contributed by atoms with Crippen LogP contribution in [0, 0.1) is 11.7 Å². The van der Waals surface area contributed by atoms with Gasteiger partial charge in [-0.2, -0.15) is 0 Å². The van der Waals surface area contributed by atoms with Gasteiger partial charge >= 0.3 is 0 Å². The molecule has 1 aliphatic rings. The van der Waals surface area contributed by atoms with E-state index < -0.39 is 0 Å². The normalized spacial score (nSPS) is 20.9. The Balaban J connectivity index is 1.34. The smallest absolute Gasteiger partial charge is 0.123 e. The zero-order valence-electron chi connectivity index (χ0n) is 16.5. The first-order chi connectivity index (χ1) is 14.1. The zero-order chi connectivity index (χ0) is 20.0. The van der Waals surface area contributed by atoms with E-state index in [1.807, 2.05) is 18.3 Å². The number of aromatic amines is 1. The predicted octanol–water partition coefficient (Wildman–Crippen LogP) is 7.59. The third kappa shape index (κ3) is 3.53. The molecular formula is C25H24ClFN2. The van der Waals surface area contributed by atoms with Gasteiger partial charge in [0.2, 0.25) is 0 Å². The highest BCUT2D eigenvalue weighted by Gasteiger charge is 2.28. The average Bonchev–Trinajstić information content (AvgIpc) is 3.16. The Kier molecular flexibility index (Phi) is 4.79. The molecule has 2 nitrogen and oxygen atoms in total. The van der Waals surface area contributed by atoms with E-state index >= 15 is 0 Å². The van der Waals surface area contributed by atoms with Crippen LogP contribution in [0.3, 0.4) is 0 Å². The lowest BCUT2D eigenvalue weighted by atomic mass is 9.73. The van der Waals surface area contributed by atoms with E-state index in [1.165, 1.54) is 35.6 Å². The van der Waals surface area contributed by atoms with Crippen LogP contribution in [0.2, 0.25) is 5.02 Å². The summed E-state index contributed by atoms with van der Waals surface area (Å²) in [5, 5.41) is 2.95. The summed E-state index contributed by atoms with van der Waals surface area (Å²) in [6.45, 7) is 2.33. The van der Waals surface area contributed by atoms with Crippen LogP contribution in [0.4, 0.5) is 4.39 Å². The van der Waals surface area contributed by atoms with Crippen molar-refractivity contribution in [3.8, 4) is 0 Å². The molecule has 0 amide bonds. The van der Waals surface area contributed by atoms with Gasteiger partial charge in [-0.25, -0.2) is 4.39 Å². The number of fused-ring (bicyclic) bond motifs is 2. The summed E-state index contributed by atoms with van der Waals surface area (Å²) in [4.78, 5) is 7.98. The Morgan fingerprint density at radius 2 is 1.86 bits per heavy atom. The molecule has 5 rings (SSSR count). The van der Waals surface area contributed by atoms with Crippen molar-refractivity contribution in [2.24, 2.45) is 5.92 Å². The fourth-order valence-corrected chi connectivity index (χ4v) is 5.22. The second-order valence-electron chi connectivity index (χ2n) is 8.42. The molecule has 4 aromatic rings. The molecule has 1 saturated carbocycles. The molecule has 2 heterocycles. The van der Waals surface area contributed by atoms with E-state index in [0.29, 0.717) is 17.8 Å². The van der Waals surface area contributed by atoms with Crippen LogP contribution in [0.15, 0.2) is 54.7 Å². The molecule has 2 aromatic heterocycles. The summed E-state index contributed by atoms with van der Waals surface area (Å²) >= 11 is 6.13. The van der Waals surface area contributed by atoms with Gasteiger partial charge in [-0.15, -0.1) is 0 Å². The Morgan fingerprint density at radius 3 is 2.69 bits per heavy atom. The molecule has 1 atom stereocenters. The van der Waals surface area contributed by atoms with Gasteiger partial charge in [-0.1, -0.05) is 24.6 Å². The van der Waals surface area contributed by atoms with Crippen LogP contribution in [0.25, 0.3) is 21.8 Å². The van der Waals surface area contributed by atoms with Crippen molar-refractivity contribution in [1.29, 1.82) is 0 Å². The first-order valence-corrected chi connectivity index (χ1v) is 10.8. The lowest BCUT2D eigenvalue weighted by molar-refractivity contribution is 0.289. The summed E-state index contributed by atoms with van der Waals surface area (Å²) in [6.07, 6.45) is 6.50. The molecule has 0 radical (unpaired) electrons. The maximum atomic E-state index is 13.8. The van der Waals surface area contributed by atoms with Crippen LogP contribution in [0.5, 0.6) is 0 Å². The van der Waals surface area contributed by atoms with Gasteiger partial charge in [0, 0.05) is 27.8 Å². The van der Waals surface area contributed by atoms with Gasteiger partial charge in [0.05, 0.1) is 5.52 Å². The van der Waals surface area contributed by atoms with Crippen molar-refractivity contribution in [2.45, 2.75) is 44.4 Å². The third-order valence-electron chi connectivity index (χ3n) is 6.75. The molecule has 148 valence electrons. The Labute approximate surface area is 175 Å². The highest BCUT2D eigenvalue weighted by Crippen LogP contribution is 2.43. The minimum atomic E-state index is -0.187. The van der Waals surface area contributed by atoms with Crippen molar-refractivity contribution in [3.05, 3.63) is 76.8 Å². The van der Waals surface area contributed by atoms with E-state index in [9.17, 15) is 4.39 Å². The van der Waals surface area contributed by atoms with E-state index in [2.05, 4.69) is 35.1 Å². The number of rotatable bonds is 3. The Hall–Kier alpha value is -2.39. The summed E-state index contributed by atoms with van der Waals surface area (Å²) in [7, 11) is 0. The molecule has 2 aromatic carbocycles. The minimum absolute atomic E-state index is 0.187. The largest absolute Gasteiger partial charge is 0.358 e. The van der Waals surface area contributed by atoms with E-state index in [0.717, 1.165) is 34.3 Å². The fourth-order valence-electron chi connectivity index (χ4n) is 5.05. The summed E-state index contributed by atoms with van der Waals surface area (Å²) in [5.41, 5.74) is 4.54. The first kappa shape index (κ1) is 18.6. The predicted molar refractivity (Wildman–Crippen MR) is 118 cm³/mol. The minimum Gasteiger partial charge on any atom is -0.358 e. The molecule has 1 N–H and O–H groups in total. The maximum Gasteiger partial charge on any atom is 0.123 e. The van der Waals surface area contributed by atoms with Crippen molar-refractivity contribution >= 4 is 33.4 Å². The van der Waals surface area contributed by atoms with Gasteiger partial charge in [0.1, 0.15) is 5.82 Å². The number of halogens is 2. The van der Waals surface area contributed by atoms with E-state index in [-0.39, 0.29) is 5.82 Å². The number of aromatic nitrogens is 2.